The molecular formula is C10H15N3O. The first-order valence-corrected chi connectivity index (χ1v) is 4.84. The maximum atomic E-state index is 6.08. The molecule has 2 N–H and O–H groups in total. The second-order valence-electron chi connectivity index (χ2n) is 3.85. The van der Waals surface area contributed by atoms with Gasteiger partial charge < -0.3 is 10.5 Å². The van der Waals surface area contributed by atoms with Crippen LogP contribution in [0.3, 0.4) is 0 Å². The Morgan fingerprint density at radius 1 is 1.50 bits per heavy atom. The number of nitrogens with zero attached hydrogens (tertiary/aromatic N) is 2. The van der Waals surface area contributed by atoms with Gasteiger partial charge in [0.05, 0.1) is 13.2 Å². The predicted octanol–water partition coefficient (Wildman–Crippen LogP) is 1.14. The molecule has 1 aliphatic carbocycles. The van der Waals surface area contributed by atoms with Gasteiger partial charge in [-0.25, -0.2) is 4.98 Å². The summed E-state index contributed by atoms with van der Waals surface area (Å²) in [6.45, 7) is 2.20. The summed E-state index contributed by atoms with van der Waals surface area (Å²) in [5, 5.41) is 0. The molecule has 0 spiro atoms. The van der Waals surface area contributed by atoms with Crippen LogP contribution >= 0.6 is 0 Å². The SMILES string of the molecule is COc1nccnc1C(N)C1CC1C. The highest BCUT2D eigenvalue weighted by Gasteiger charge is 2.40. The minimum Gasteiger partial charge on any atom is -0.480 e. The van der Waals surface area contributed by atoms with Crippen LogP contribution in [-0.4, -0.2) is 17.1 Å². The Labute approximate surface area is 83.5 Å². The molecule has 1 saturated carbocycles. The van der Waals surface area contributed by atoms with Gasteiger partial charge >= 0.3 is 0 Å². The fourth-order valence-corrected chi connectivity index (χ4v) is 1.78. The second kappa shape index (κ2) is 3.53. The first-order chi connectivity index (χ1) is 6.74. The summed E-state index contributed by atoms with van der Waals surface area (Å²) < 4.78 is 5.13. The van der Waals surface area contributed by atoms with E-state index in [1.165, 1.54) is 6.42 Å². The molecule has 0 aliphatic heterocycles. The molecule has 0 saturated heterocycles. The number of hydrogen-bond donors (Lipinski definition) is 1. The van der Waals surface area contributed by atoms with Crippen molar-refractivity contribution in [2.75, 3.05) is 7.11 Å². The van der Waals surface area contributed by atoms with Gasteiger partial charge in [0.1, 0.15) is 5.69 Å². The molecule has 1 aromatic heterocycles. The van der Waals surface area contributed by atoms with Crippen LogP contribution in [0, 0.1) is 11.8 Å². The third-order valence-electron chi connectivity index (χ3n) is 2.83. The molecule has 0 amide bonds. The fraction of sp³-hybridized carbons (Fsp3) is 0.600. The van der Waals surface area contributed by atoms with Gasteiger partial charge in [-0.2, -0.15) is 0 Å². The number of hydrogen-bond acceptors (Lipinski definition) is 4. The number of nitrogens with two attached hydrogens (primary N) is 1. The monoisotopic (exact) mass is 193 g/mol. The van der Waals surface area contributed by atoms with Crippen molar-refractivity contribution in [3.63, 3.8) is 0 Å². The lowest BCUT2D eigenvalue weighted by Gasteiger charge is -2.12. The van der Waals surface area contributed by atoms with Crippen LogP contribution in [0.4, 0.5) is 0 Å². The van der Waals surface area contributed by atoms with Crippen LogP contribution in [0.5, 0.6) is 5.88 Å². The Morgan fingerprint density at radius 3 is 2.71 bits per heavy atom. The number of aromatic nitrogens is 2. The molecular weight excluding hydrogens is 178 g/mol. The van der Waals surface area contributed by atoms with Crippen molar-refractivity contribution in [2.45, 2.75) is 19.4 Å². The van der Waals surface area contributed by atoms with Gasteiger partial charge in [0, 0.05) is 12.4 Å². The zero-order valence-electron chi connectivity index (χ0n) is 8.47. The van der Waals surface area contributed by atoms with Gasteiger partial charge in [-0.05, 0) is 18.3 Å². The number of methoxy groups -OCH3 is 1. The van der Waals surface area contributed by atoms with E-state index in [0.717, 1.165) is 5.69 Å². The molecule has 1 aromatic rings. The number of rotatable bonds is 3. The van der Waals surface area contributed by atoms with Gasteiger partial charge in [-0.15, -0.1) is 0 Å². The first-order valence-electron chi connectivity index (χ1n) is 4.84. The molecule has 76 valence electrons. The van der Waals surface area contributed by atoms with Crippen molar-refractivity contribution in [1.29, 1.82) is 0 Å². The lowest BCUT2D eigenvalue weighted by molar-refractivity contribution is 0.380. The van der Waals surface area contributed by atoms with Gasteiger partial charge in [0.15, 0.2) is 0 Å². The van der Waals surface area contributed by atoms with Crippen LogP contribution in [0.2, 0.25) is 0 Å². The molecule has 1 aliphatic rings. The van der Waals surface area contributed by atoms with E-state index in [1.54, 1.807) is 19.5 Å². The van der Waals surface area contributed by atoms with Crippen LogP contribution in [0.25, 0.3) is 0 Å². The lowest BCUT2D eigenvalue weighted by Crippen LogP contribution is -2.16. The van der Waals surface area contributed by atoms with Crippen LogP contribution in [0.15, 0.2) is 12.4 Å². The van der Waals surface area contributed by atoms with Gasteiger partial charge in [-0.1, -0.05) is 6.92 Å². The van der Waals surface area contributed by atoms with E-state index < -0.39 is 0 Å². The average Bonchev–Trinajstić information content (AvgIpc) is 2.94. The van der Waals surface area contributed by atoms with Gasteiger partial charge in [0.25, 0.3) is 0 Å². The minimum absolute atomic E-state index is 0.0337. The normalized spacial score (nSPS) is 27.1. The summed E-state index contributed by atoms with van der Waals surface area (Å²) in [4.78, 5) is 8.32. The summed E-state index contributed by atoms with van der Waals surface area (Å²) in [6, 6.07) is -0.0337. The molecule has 0 radical (unpaired) electrons. The van der Waals surface area contributed by atoms with Crippen molar-refractivity contribution < 1.29 is 4.74 Å². The van der Waals surface area contributed by atoms with E-state index >= 15 is 0 Å². The van der Waals surface area contributed by atoms with Crippen molar-refractivity contribution in [1.82, 2.24) is 9.97 Å². The average molecular weight is 193 g/mol. The summed E-state index contributed by atoms with van der Waals surface area (Å²) in [5.74, 6) is 1.80. The van der Waals surface area contributed by atoms with Crippen molar-refractivity contribution in [2.24, 2.45) is 17.6 Å². The third-order valence-corrected chi connectivity index (χ3v) is 2.83. The highest BCUT2D eigenvalue weighted by atomic mass is 16.5. The Balaban J connectivity index is 2.22. The van der Waals surface area contributed by atoms with Crippen molar-refractivity contribution in [3.05, 3.63) is 18.1 Å². The summed E-state index contributed by atoms with van der Waals surface area (Å²) in [7, 11) is 1.59. The Hall–Kier alpha value is -1.16. The highest BCUT2D eigenvalue weighted by molar-refractivity contribution is 5.23. The van der Waals surface area contributed by atoms with Crippen LogP contribution < -0.4 is 10.5 Å². The molecule has 4 nitrogen and oxygen atoms in total. The van der Waals surface area contributed by atoms with E-state index in [4.69, 9.17) is 10.5 Å². The Kier molecular flexibility index (Phi) is 2.37. The standard InChI is InChI=1S/C10H15N3O/c1-6-5-7(6)8(11)9-10(14-2)13-4-3-12-9/h3-4,6-8H,5,11H2,1-2H3. The van der Waals surface area contributed by atoms with Gasteiger partial charge in [0.2, 0.25) is 5.88 Å². The number of ether oxygens (including phenoxy) is 1. The van der Waals surface area contributed by atoms with Crippen molar-refractivity contribution in [3.8, 4) is 5.88 Å². The van der Waals surface area contributed by atoms with E-state index in [9.17, 15) is 0 Å². The topological polar surface area (TPSA) is 61.0 Å². The quantitative estimate of drug-likeness (QED) is 0.782. The largest absolute Gasteiger partial charge is 0.480 e. The summed E-state index contributed by atoms with van der Waals surface area (Å²) >= 11 is 0. The van der Waals surface area contributed by atoms with E-state index in [-0.39, 0.29) is 6.04 Å². The molecule has 14 heavy (non-hydrogen) atoms. The van der Waals surface area contributed by atoms with Crippen molar-refractivity contribution >= 4 is 0 Å². The van der Waals surface area contributed by atoms with E-state index in [2.05, 4.69) is 16.9 Å². The summed E-state index contributed by atoms with van der Waals surface area (Å²) in [6.07, 6.45) is 4.46. The maximum absolute atomic E-state index is 6.08. The maximum Gasteiger partial charge on any atom is 0.236 e. The smallest absolute Gasteiger partial charge is 0.236 e. The molecule has 0 aromatic carbocycles. The molecule has 3 unspecified atom stereocenters. The highest BCUT2D eigenvalue weighted by Crippen LogP contribution is 2.46. The van der Waals surface area contributed by atoms with E-state index in [0.29, 0.717) is 17.7 Å². The zero-order chi connectivity index (χ0) is 10.1. The molecule has 0 bridgehead atoms. The Bertz CT molecular complexity index is 329. The zero-order valence-corrected chi connectivity index (χ0v) is 8.47. The molecule has 3 atom stereocenters. The van der Waals surface area contributed by atoms with E-state index in [1.807, 2.05) is 0 Å². The van der Waals surface area contributed by atoms with Crippen LogP contribution in [0.1, 0.15) is 25.1 Å². The fourth-order valence-electron chi connectivity index (χ4n) is 1.78. The van der Waals surface area contributed by atoms with Gasteiger partial charge in [-0.3, -0.25) is 4.98 Å². The second-order valence-corrected chi connectivity index (χ2v) is 3.85. The molecule has 1 fully saturated rings. The first kappa shape index (κ1) is 9.40. The third kappa shape index (κ3) is 1.57. The lowest BCUT2D eigenvalue weighted by atomic mass is 10.1. The predicted molar refractivity (Wildman–Crippen MR) is 52.8 cm³/mol. The Morgan fingerprint density at radius 2 is 2.14 bits per heavy atom. The van der Waals surface area contributed by atoms with Crippen LogP contribution in [-0.2, 0) is 0 Å². The molecule has 1 heterocycles. The molecule has 2 rings (SSSR count). The minimum atomic E-state index is -0.0337. The molecule has 4 heteroatoms. The summed E-state index contributed by atoms with van der Waals surface area (Å²) in [5.41, 5.74) is 6.87.